The first kappa shape index (κ1) is 20.3. The van der Waals surface area contributed by atoms with Crippen molar-refractivity contribution < 1.29 is 27.5 Å². The lowest BCUT2D eigenvalue weighted by molar-refractivity contribution is -0.130. The maximum atomic E-state index is 13.7. The van der Waals surface area contributed by atoms with Gasteiger partial charge >= 0.3 is 0 Å². The summed E-state index contributed by atoms with van der Waals surface area (Å²) in [4.78, 5) is 25.4. The van der Waals surface area contributed by atoms with Crippen LogP contribution >= 0.6 is 0 Å². The molecule has 0 aliphatic carbocycles. The summed E-state index contributed by atoms with van der Waals surface area (Å²) in [5, 5.41) is 2.41. The smallest absolute Gasteiger partial charge is 0.254 e. The molecule has 0 unspecified atom stereocenters. The third-order valence-corrected chi connectivity index (χ3v) is 3.86. The number of hydrogen-bond donors (Lipinski definition) is 1. The van der Waals surface area contributed by atoms with Crippen LogP contribution in [0.3, 0.4) is 0 Å². The molecule has 0 aromatic heterocycles. The van der Waals surface area contributed by atoms with E-state index in [0.29, 0.717) is 11.6 Å². The first-order valence-corrected chi connectivity index (χ1v) is 8.11. The monoisotopic (exact) mass is 380 g/mol. The minimum atomic E-state index is -0.975. The highest BCUT2D eigenvalue weighted by Gasteiger charge is 2.14. The van der Waals surface area contributed by atoms with Crippen LogP contribution in [0.25, 0.3) is 0 Å². The molecule has 0 aliphatic heterocycles. The molecule has 0 aliphatic rings. The third-order valence-electron chi connectivity index (χ3n) is 3.86. The molecule has 0 radical (unpaired) electrons. The number of halogens is 3. The lowest BCUT2D eigenvalue weighted by atomic mass is 10.2. The van der Waals surface area contributed by atoms with Crippen molar-refractivity contribution in [3.05, 3.63) is 65.0 Å². The highest BCUT2D eigenvalue weighted by atomic mass is 19.1. The van der Waals surface area contributed by atoms with E-state index in [-0.39, 0.29) is 36.7 Å². The number of benzene rings is 2. The van der Waals surface area contributed by atoms with Gasteiger partial charge in [0.1, 0.15) is 11.6 Å². The molecule has 0 saturated carbocycles. The van der Waals surface area contributed by atoms with Crippen LogP contribution in [-0.2, 0) is 11.3 Å². The van der Waals surface area contributed by atoms with Gasteiger partial charge in [0.05, 0.1) is 12.7 Å². The standard InChI is InChI=1S/C19H19F3N2O3/c1-24(11-12-3-6-17(27-2)16(22)9-12)18(25)7-8-23-19(26)14-5-4-13(20)10-15(14)21/h3-6,9-10H,7-8,11H2,1-2H3,(H,23,26). The normalized spacial score (nSPS) is 10.4. The Morgan fingerprint density at radius 2 is 1.81 bits per heavy atom. The van der Waals surface area contributed by atoms with Gasteiger partial charge in [-0.05, 0) is 29.8 Å². The Labute approximate surface area is 154 Å². The molecule has 2 rings (SSSR count). The summed E-state index contributed by atoms with van der Waals surface area (Å²) >= 11 is 0. The number of carbonyl (C=O) groups excluding carboxylic acids is 2. The second-order valence-electron chi connectivity index (χ2n) is 5.85. The van der Waals surface area contributed by atoms with Crippen molar-refractivity contribution in [1.82, 2.24) is 10.2 Å². The van der Waals surface area contributed by atoms with Gasteiger partial charge in [0.2, 0.25) is 5.91 Å². The fraction of sp³-hybridized carbons (Fsp3) is 0.263. The van der Waals surface area contributed by atoms with Gasteiger partial charge in [-0.1, -0.05) is 6.07 Å². The maximum absolute atomic E-state index is 13.7. The summed E-state index contributed by atoms with van der Waals surface area (Å²) in [5.74, 6) is -3.19. The summed E-state index contributed by atoms with van der Waals surface area (Å²) in [6.07, 6.45) is -0.0241. The predicted molar refractivity (Wildman–Crippen MR) is 92.7 cm³/mol. The maximum Gasteiger partial charge on any atom is 0.254 e. The summed E-state index contributed by atoms with van der Waals surface area (Å²) in [6, 6.07) is 7.02. The van der Waals surface area contributed by atoms with E-state index in [1.807, 2.05) is 0 Å². The lowest BCUT2D eigenvalue weighted by Gasteiger charge is -2.18. The topological polar surface area (TPSA) is 58.6 Å². The third kappa shape index (κ3) is 5.47. The van der Waals surface area contributed by atoms with Gasteiger partial charge in [-0.2, -0.15) is 0 Å². The van der Waals surface area contributed by atoms with Crippen molar-refractivity contribution in [2.24, 2.45) is 0 Å². The molecule has 2 aromatic carbocycles. The first-order valence-electron chi connectivity index (χ1n) is 8.11. The van der Waals surface area contributed by atoms with Crippen LogP contribution in [0.4, 0.5) is 13.2 Å². The van der Waals surface area contributed by atoms with E-state index in [1.165, 1.54) is 24.1 Å². The van der Waals surface area contributed by atoms with Crippen molar-refractivity contribution >= 4 is 11.8 Å². The van der Waals surface area contributed by atoms with Gasteiger partial charge in [0.15, 0.2) is 11.6 Å². The van der Waals surface area contributed by atoms with Crippen molar-refractivity contribution in [1.29, 1.82) is 0 Å². The fourth-order valence-electron chi connectivity index (χ4n) is 2.41. The Hall–Kier alpha value is -3.03. The van der Waals surface area contributed by atoms with E-state index in [0.717, 1.165) is 12.1 Å². The SMILES string of the molecule is COc1ccc(CN(C)C(=O)CCNC(=O)c2ccc(F)cc2F)cc1F. The van der Waals surface area contributed by atoms with Gasteiger partial charge in [0.25, 0.3) is 5.91 Å². The minimum absolute atomic E-state index is 0.0181. The van der Waals surface area contributed by atoms with Gasteiger partial charge in [-0.15, -0.1) is 0 Å². The Morgan fingerprint density at radius 3 is 2.44 bits per heavy atom. The minimum Gasteiger partial charge on any atom is -0.494 e. The number of ether oxygens (including phenoxy) is 1. The van der Waals surface area contributed by atoms with Crippen LogP contribution in [0.1, 0.15) is 22.3 Å². The van der Waals surface area contributed by atoms with Crippen LogP contribution in [0, 0.1) is 17.5 Å². The molecule has 0 saturated heterocycles. The van der Waals surface area contributed by atoms with Crippen molar-refractivity contribution in [3.8, 4) is 5.75 Å². The van der Waals surface area contributed by atoms with Crippen molar-refractivity contribution in [2.45, 2.75) is 13.0 Å². The summed E-state index contributed by atoms with van der Waals surface area (Å²) < 4.78 is 44.9. The van der Waals surface area contributed by atoms with E-state index in [9.17, 15) is 22.8 Å². The average Bonchev–Trinajstić information content (AvgIpc) is 2.61. The molecule has 5 nitrogen and oxygen atoms in total. The van der Waals surface area contributed by atoms with Crippen molar-refractivity contribution in [3.63, 3.8) is 0 Å². The van der Waals surface area contributed by atoms with E-state index < -0.39 is 23.4 Å². The molecule has 2 aromatic rings. The second kappa shape index (κ2) is 9.07. The van der Waals surface area contributed by atoms with Gasteiger partial charge in [0, 0.05) is 32.6 Å². The molecule has 1 N–H and O–H groups in total. The largest absolute Gasteiger partial charge is 0.494 e. The van der Waals surface area contributed by atoms with Gasteiger partial charge < -0.3 is 15.0 Å². The van der Waals surface area contributed by atoms with Gasteiger partial charge in [-0.25, -0.2) is 13.2 Å². The molecule has 144 valence electrons. The number of carbonyl (C=O) groups is 2. The zero-order valence-corrected chi connectivity index (χ0v) is 14.9. The Bertz CT molecular complexity index is 843. The van der Waals surface area contributed by atoms with Gasteiger partial charge in [-0.3, -0.25) is 9.59 Å². The Morgan fingerprint density at radius 1 is 1.07 bits per heavy atom. The number of nitrogens with zero attached hydrogens (tertiary/aromatic N) is 1. The molecule has 2 amide bonds. The molecule has 0 spiro atoms. The van der Waals surface area contributed by atoms with Crippen molar-refractivity contribution in [2.75, 3.05) is 20.7 Å². The first-order chi connectivity index (χ1) is 12.8. The fourth-order valence-corrected chi connectivity index (χ4v) is 2.41. The Kier molecular flexibility index (Phi) is 6.81. The van der Waals surface area contributed by atoms with E-state index >= 15 is 0 Å². The van der Waals surface area contributed by atoms with Crippen LogP contribution < -0.4 is 10.1 Å². The van der Waals surface area contributed by atoms with Crippen LogP contribution in [0.15, 0.2) is 36.4 Å². The number of nitrogens with one attached hydrogen (secondary N) is 1. The van der Waals surface area contributed by atoms with Crippen LogP contribution in [0.5, 0.6) is 5.75 Å². The number of rotatable bonds is 7. The molecule has 27 heavy (non-hydrogen) atoms. The van der Waals surface area contributed by atoms with E-state index in [1.54, 1.807) is 13.1 Å². The lowest BCUT2D eigenvalue weighted by Crippen LogP contribution is -2.32. The number of amides is 2. The molecule has 0 atom stereocenters. The van der Waals surface area contributed by atoms with E-state index in [2.05, 4.69) is 5.32 Å². The molecular weight excluding hydrogens is 361 g/mol. The quantitative estimate of drug-likeness (QED) is 0.804. The summed E-state index contributed by atoms with van der Waals surface area (Å²) in [7, 11) is 2.91. The predicted octanol–water partition coefficient (Wildman–Crippen LogP) is 2.89. The highest BCUT2D eigenvalue weighted by Crippen LogP contribution is 2.18. The second-order valence-corrected chi connectivity index (χ2v) is 5.85. The molecule has 0 fully saturated rings. The molecule has 0 bridgehead atoms. The Balaban J connectivity index is 1.84. The summed E-state index contributed by atoms with van der Waals surface area (Å²) in [5.41, 5.74) is 0.285. The summed E-state index contributed by atoms with van der Waals surface area (Å²) in [6.45, 7) is 0.163. The highest BCUT2D eigenvalue weighted by molar-refractivity contribution is 5.94. The molecule has 0 heterocycles. The molecular formula is C19H19F3N2O3. The molecule has 8 heteroatoms. The zero-order chi connectivity index (χ0) is 20.0. The van der Waals surface area contributed by atoms with E-state index in [4.69, 9.17) is 4.74 Å². The number of hydrogen-bond acceptors (Lipinski definition) is 3. The zero-order valence-electron chi connectivity index (χ0n) is 14.9. The van der Waals surface area contributed by atoms with Crippen LogP contribution in [0.2, 0.25) is 0 Å². The average molecular weight is 380 g/mol. The van der Waals surface area contributed by atoms with Crippen LogP contribution in [-0.4, -0.2) is 37.4 Å². The number of methoxy groups -OCH3 is 1.